The summed E-state index contributed by atoms with van der Waals surface area (Å²) in [5.41, 5.74) is 1.20. The molecule has 2 amide bonds. The summed E-state index contributed by atoms with van der Waals surface area (Å²) in [6.45, 7) is -0.538. The van der Waals surface area contributed by atoms with Crippen molar-refractivity contribution in [3.63, 3.8) is 0 Å². The number of hydrogen-bond acceptors (Lipinski definition) is 5. The third kappa shape index (κ3) is 7.06. The number of unbranched alkanes of at least 4 members (excludes halogenated alkanes) is 1. The molecule has 0 radical (unpaired) electrons. The number of esters is 1. The van der Waals surface area contributed by atoms with Crippen molar-refractivity contribution in [3.05, 3.63) is 41.5 Å². The monoisotopic (exact) mass is 362 g/mol. The van der Waals surface area contributed by atoms with Crippen molar-refractivity contribution in [2.45, 2.75) is 25.3 Å². The van der Waals surface area contributed by atoms with Gasteiger partial charge in [-0.1, -0.05) is 24.3 Å². The molecule has 0 saturated heterocycles. The third-order valence-corrected chi connectivity index (χ3v) is 3.69. The van der Waals surface area contributed by atoms with Crippen molar-refractivity contribution in [2.75, 3.05) is 27.8 Å². The van der Waals surface area contributed by atoms with Gasteiger partial charge < -0.3 is 20.1 Å². The van der Waals surface area contributed by atoms with E-state index in [0.29, 0.717) is 12.0 Å². The molecule has 0 heterocycles. The van der Waals surface area contributed by atoms with E-state index in [0.717, 1.165) is 18.4 Å². The van der Waals surface area contributed by atoms with E-state index in [1.165, 1.54) is 7.11 Å². The molecule has 0 unspecified atom stereocenters. The molecular weight excluding hydrogens is 336 g/mol. The Kier molecular flexibility index (Phi) is 9.08. The number of rotatable bonds is 9. The zero-order chi connectivity index (χ0) is 19.5. The van der Waals surface area contributed by atoms with Gasteiger partial charge in [-0.25, -0.2) is 4.79 Å². The van der Waals surface area contributed by atoms with Crippen LogP contribution in [0.3, 0.4) is 0 Å². The number of methoxy groups -OCH3 is 1. The highest BCUT2D eigenvalue weighted by molar-refractivity contribution is 5.97. The van der Waals surface area contributed by atoms with Crippen LogP contribution in [0.4, 0.5) is 0 Å². The van der Waals surface area contributed by atoms with Crippen LogP contribution in [0.15, 0.2) is 30.3 Å². The number of carbonyl (C=O) groups is 3. The number of carbonyl (C=O) groups excluding carboxylic acids is 3. The van der Waals surface area contributed by atoms with Crippen LogP contribution in [-0.2, 0) is 14.3 Å². The normalized spacial score (nSPS) is 11.8. The quantitative estimate of drug-likeness (QED) is 0.509. The first kappa shape index (κ1) is 21.4. The number of benzene rings is 1. The van der Waals surface area contributed by atoms with E-state index < -0.39 is 24.5 Å². The number of aliphatic hydroxyl groups excluding tert-OH is 1. The molecule has 0 saturated carbocycles. The Bertz CT molecular complexity index is 655. The third-order valence-electron chi connectivity index (χ3n) is 3.69. The first-order valence-electron chi connectivity index (χ1n) is 8.35. The van der Waals surface area contributed by atoms with E-state index in [1.54, 1.807) is 37.2 Å². The molecule has 0 aromatic heterocycles. The number of ether oxygens (including phenoxy) is 1. The fourth-order valence-electron chi connectivity index (χ4n) is 2.16. The molecule has 7 nitrogen and oxygen atoms in total. The molecule has 2 N–H and O–H groups in total. The van der Waals surface area contributed by atoms with E-state index in [2.05, 4.69) is 10.1 Å². The van der Waals surface area contributed by atoms with Crippen LogP contribution in [0.2, 0.25) is 0 Å². The first-order chi connectivity index (χ1) is 12.4. The maximum atomic E-state index is 12.2. The summed E-state index contributed by atoms with van der Waals surface area (Å²) in [5.74, 6) is -1.08. The highest BCUT2D eigenvalue weighted by atomic mass is 16.5. The zero-order valence-corrected chi connectivity index (χ0v) is 15.4. The van der Waals surface area contributed by atoms with Gasteiger partial charge >= 0.3 is 5.97 Å². The zero-order valence-electron chi connectivity index (χ0n) is 15.4. The average Bonchev–Trinajstić information content (AvgIpc) is 2.64. The predicted octanol–water partition coefficient (Wildman–Crippen LogP) is 1.22. The minimum absolute atomic E-state index is 0.0983. The molecule has 0 fully saturated rings. The van der Waals surface area contributed by atoms with Crippen LogP contribution < -0.4 is 5.32 Å². The summed E-state index contributed by atoms with van der Waals surface area (Å²) in [6.07, 6.45) is 5.83. The predicted molar refractivity (Wildman–Crippen MR) is 98.4 cm³/mol. The van der Waals surface area contributed by atoms with Gasteiger partial charge in [-0.15, -0.1) is 0 Å². The lowest BCUT2D eigenvalue weighted by Gasteiger charge is -2.13. The maximum absolute atomic E-state index is 12.2. The van der Waals surface area contributed by atoms with Gasteiger partial charge in [0.25, 0.3) is 5.91 Å². The summed E-state index contributed by atoms with van der Waals surface area (Å²) >= 11 is 0. The second kappa shape index (κ2) is 11.0. The molecule has 0 spiro atoms. The fourth-order valence-corrected chi connectivity index (χ4v) is 2.16. The number of nitrogens with one attached hydrogen (secondary N) is 1. The molecule has 1 aromatic carbocycles. The molecule has 7 heteroatoms. The van der Waals surface area contributed by atoms with Gasteiger partial charge in [-0.05, 0) is 30.5 Å². The van der Waals surface area contributed by atoms with Crippen LogP contribution in [0, 0.1) is 0 Å². The van der Waals surface area contributed by atoms with Crippen LogP contribution in [0.25, 0.3) is 6.08 Å². The number of nitrogens with zero attached hydrogens (tertiary/aromatic N) is 1. The van der Waals surface area contributed by atoms with Gasteiger partial charge in [0.1, 0.15) is 0 Å². The van der Waals surface area contributed by atoms with Crippen molar-refractivity contribution < 1.29 is 24.2 Å². The molecule has 142 valence electrons. The molecule has 0 bridgehead atoms. The van der Waals surface area contributed by atoms with E-state index in [-0.39, 0.29) is 5.91 Å². The topological polar surface area (TPSA) is 95.9 Å². The lowest BCUT2D eigenvalue weighted by molar-refractivity contribution is -0.143. The Hall–Kier alpha value is -2.67. The average molecular weight is 362 g/mol. The summed E-state index contributed by atoms with van der Waals surface area (Å²) in [5, 5.41) is 11.6. The van der Waals surface area contributed by atoms with Gasteiger partial charge in [0.2, 0.25) is 5.91 Å². The molecule has 1 atom stereocenters. The largest absolute Gasteiger partial charge is 0.467 e. The van der Waals surface area contributed by atoms with Crippen molar-refractivity contribution in [1.82, 2.24) is 10.2 Å². The summed E-state index contributed by atoms with van der Waals surface area (Å²) in [6, 6.07) is 5.79. The van der Waals surface area contributed by atoms with Gasteiger partial charge in [-0.3, -0.25) is 9.59 Å². The van der Waals surface area contributed by atoms with Crippen molar-refractivity contribution in [2.24, 2.45) is 0 Å². The second-order valence-corrected chi connectivity index (χ2v) is 5.94. The van der Waals surface area contributed by atoms with Crippen LogP contribution in [-0.4, -0.2) is 61.6 Å². The second-order valence-electron chi connectivity index (χ2n) is 5.94. The van der Waals surface area contributed by atoms with Crippen LogP contribution >= 0.6 is 0 Å². The highest BCUT2D eigenvalue weighted by Crippen LogP contribution is 2.09. The van der Waals surface area contributed by atoms with E-state index in [1.807, 2.05) is 18.2 Å². The Labute approximate surface area is 153 Å². The first-order valence-corrected chi connectivity index (χ1v) is 8.35. The van der Waals surface area contributed by atoms with E-state index in [4.69, 9.17) is 5.11 Å². The van der Waals surface area contributed by atoms with Gasteiger partial charge in [0.05, 0.1) is 13.7 Å². The summed E-state index contributed by atoms with van der Waals surface area (Å²) < 4.78 is 4.52. The standard InChI is InChI=1S/C19H26N2O5/c1-21(2)17(23)11-6-4-5-8-14-9-7-10-15(12-14)18(24)20-16(13-22)19(25)26-3/h5,7-10,12,16,22H,4,6,11,13H2,1-3H3,(H,20,24)/t16-/m0/s1. The lowest BCUT2D eigenvalue weighted by Crippen LogP contribution is -2.44. The van der Waals surface area contributed by atoms with Crippen molar-refractivity contribution >= 4 is 23.9 Å². The molecular formula is C19H26N2O5. The highest BCUT2D eigenvalue weighted by Gasteiger charge is 2.21. The summed E-state index contributed by atoms with van der Waals surface area (Å²) in [4.78, 5) is 36.7. The van der Waals surface area contributed by atoms with Crippen LogP contribution in [0.1, 0.15) is 35.2 Å². The SMILES string of the molecule is COC(=O)[C@H](CO)NC(=O)c1cccc(C=CCCCC(=O)N(C)C)c1. The van der Waals surface area contributed by atoms with Gasteiger partial charge in [-0.2, -0.15) is 0 Å². The minimum atomic E-state index is -1.10. The summed E-state index contributed by atoms with van der Waals surface area (Å²) in [7, 11) is 4.65. The Morgan fingerprint density at radius 2 is 2.04 bits per heavy atom. The van der Waals surface area contributed by atoms with Gasteiger partial charge in [0.15, 0.2) is 6.04 Å². The molecule has 0 aliphatic heterocycles. The minimum Gasteiger partial charge on any atom is -0.467 e. The number of aliphatic hydroxyl groups is 1. The molecule has 0 aliphatic rings. The van der Waals surface area contributed by atoms with E-state index in [9.17, 15) is 14.4 Å². The van der Waals surface area contributed by atoms with Crippen molar-refractivity contribution in [1.29, 1.82) is 0 Å². The number of allylic oxidation sites excluding steroid dienone is 1. The molecule has 1 rings (SSSR count). The Morgan fingerprint density at radius 3 is 2.65 bits per heavy atom. The smallest absolute Gasteiger partial charge is 0.330 e. The van der Waals surface area contributed by atoms with Crippen LogP contribution in [0.5, 0.6) is 0 Å². The molecule has 1 aromatic rings. The van der Waals surface area contributed by atoms with E-state index >= 15 is 0 Å². The van der Waals surface area contributed by atoms with Crippen molar-refractivity contribution in [3.8, 4) is 0 Å². The molecule has 26 heavy (non-hydrogen) atoms. The van der Waals surface area contributed by atoms with Gasteiger partial charge in [0, 0.05) is 26.1 Å². The maximum Gasteiger partial charge on any atom is 0.330 e. The number of hydrogen-bond donors (Lipinski definition) is 2. The molecule has 0 aliphatic carbocycles. The number of amides is 2. The fraction of sp³-hybridized carbons (Fsp3) is 0.421. The lowest BCUT2D eigenvalue weighted by atomic mass is 10.1. The Balaban J connectivity index is 2.61. The Morgan fingerprint density at radius 1 is 1.31 bits per heavy atom.